The van der Waals surface area contributed by atoms with Crippen LogP contribution >= 0.6 is 11.8 Å². The Morgan fingerprint density at radius 2 is 2.09 bits per heavy atom. The van der Waals surface area contributed by atoms with Gasteiger partial charge in [0, 0.05) is 47.7 Å². The molecule has 0 saturated carbocycles. The van der Waals surface area contributed by atoms with E-state index in [9.17, 15) is 9.90 Å². The van der Waals surface area contributed by atoms with Gasteiger partial charge >= 0.3 is 5.97 Å². The molecule has 1 saturated heterocycles. The largest absolute Gasteiger partial charge is 0.497 e. The molecule has 1 N–H and O–H groups in total. The van der Waals surface area contributed by atoms with Crippen molar-refractivity contribution in [2.24, 2.45) is 11.8 Å². The van der Waals surface area contributed by atoms with Crippen molar-refractivity contribution < 1.29 is 19.0 Å². The minimum absolute atomic E-state index is 0.0255. The van der Waals surface area contributed by atoms with E-state index in [4.69, 9.17) is 4.74 Å². The highest BCUT2D eigenvalue weighted by atomic mass is 32.2. The number of carboxylic acids is 1. The molecular weight excluding hydrogens is 453 g/mol. The molecule has 1 aliphatic heterocycles. The molecule has 2 aromatic heterocycles. The molecule has 6 nitrogen and oxygen atoms in total. The molecule has 0 bridgehead atoms. The van der Waals surface area contributed by atoms with E-state index >= 15 is 4.39 Å². The van der Waals surface area contributed by atoms with Gasteiger partial charge in [-0.25, -0.2) is 4.39 Å². The van der Waals surface area contributed by atoms with Crippen molar-refractivity contribution in [3.05, 3.63) is 60.6 Å². The van der Waals surface area contributed by atoms with Crippen molar-refractivity contribution in [3.63, 3.8) is 0 Å². The second kappa shape index (κ2) is 11.6. The summed E-state index contributed by atoms with van der Waals surface area (Å²) in [6, 6.07) is 11.1. The van der Waals surface area contributed by atoms with Crippen LogP contribution in [0.15, 0.2) is 59.9 Å². The van der Waals surface area contributed by atoms with E-state index in [1.807, 2.05) is 30.3 Å². The predicted octanol–water partition coefficient (Wildman–Crippen LogP) is 5.24. The summed E-state index contributed by atoms with van der Waals surface area (Å²) < 4.78 is 20.6. The van der Waals surface area contributed by atoms with E-state index in [0.717, 1.165) is 41.1 Å². The summed E-state index contributed by atoms with van der Waals surface area (Å²) in [6.45, 7) is 2.20. The van der Waals surface area contributed by atoms with Crippen LogP contribution < -0.4 is 4.74 Å². The molecule has 180 valence electrons. The van der Waals surface area contributed by atoms with Gasteiger partial charge in [-0.2, -0.15) is 0 Å². The van der Waals surface area contributed by atoms with Crippen LogP contribution in [0.4, 0.5) is 4.39 Å². The lowest BCUT2D eigenvalue weighted by Gasteiger charge is -2.36. The number of aromatic nitrogens is 2. The van der Waals surface area contributed by atoms with E-state index in [0.29, 0.717) is 30.7 Å². The standard InChI is InChI=1S/C26H30FN3O3S/c1-33-19-3-5-25-22(16-19)21(8-12-29-25)24(27)4-2-18-9-13-30(17-23(18)26(31)32)14-15-34-20-6-10-28-11-7-20/h3,5-8,10-12,16,18,23-24H,2,4,9,13-15,17H2,1H3,(H,31,32)/t18-,23+,24?/m1/s1. The third kappa shape index (κ3) is 6.04. The Kier molecular flexibility index (Phi) is 8.34. The number of aliphatic carboxylic acids is 1. The number of likely N-dealkylation sites (tertiary alicyclic amines) is 1. The lowest BCUT2D eigenvalue weighted by Crippen LogP contribution is -2.44. The molecule has 0 aliphatic carbocycles. The Balaban J connectivity index is 1.34. The Hall–Kier alpha value is -2.71. The molecule has 4 rings (SSSR count). The fraction of sp³-hybridized carbons (Fsp3) is 0.423. The smallest absolute Gasteiger partial charge is 0.308 e. The molecule has 3 atom stereocenters. The average molecular weight is 484 g/mol. The second-order valence-corrected chi connectivity index (χ2v) is 9.82. The van der Waals surface area contributed by atoms with Crippen LogP contribution in [0.2, 0.25) is 0 Å². The Morgan fingerprint density at radius 3 is 2.85 bits per heavy atom. The number of hydrogen-bond donors (Lipinski definition) is 1. The normalized spacial score (nSPS) is 19.7. The molecule has 3 aromatic rings. The monoisotopic (exact) mass is 483 g/mol. The minimum Gasteiger partial charge on any atom is -0.497 e. The predicted molar refractivity (Wildman–Crippen MR) is 132 cm³/mol. The zero-order chi connectivity index (χ0) is 23.9. The van der Waals surface area contributed by atoms with Crippen molar-refractivity contribution in [2.45, 2.75) is 30.3 Å². The third-order valence-electron chi connectivity index (χ3n) is 6.59. The van der Waals surface area contributed by atoms with Gasteiger partial charge in [0.1, 0.15) is 11.9 Å². The first-order chi connectivity index (χ1) is 16.5. The van der Waals surface area contributed by atoms with E-state index in [2.05, 4.69) is 14.9 Å². The zero-order valence-corrected chi connectivity index (χ0v) is 20.1. The van der Waals surface area contributed by atoms with Gasteiger partial charge in [0.05, 0.1) is 18.5 Å². The van der Waals surface area contributed by atoms with Crippen LogP contribution in [0.5, 0.6) is 5.75 Å². The van der Waals surface area contributed by atoms with Crippen molar-refractivity contribution in [3.8, 4) is 5.75 Å². The van der Waals surface area contributed by atoms with Crippen molar-refractivity contribution in [1.82, 2.24) is 14.9 Å². The van der Waals surface area contributed by atoms with E-state index < -0.39 is 18.1 Å². The molecule has 34 heavy (non-hydrogen) atoms. The number of carboxylic acid groups (broad SMARTS) is 1. The van der Waals surface area contributed by atoms with Gasteiger partial charge < -0.3 is 14.7 Å². The van der Waals surface area contributed by atoms with Gasteiger partial charge in [0.15, 0.2) is 0 Å². The molecule has 1 aromatic carbocycles. The Labute approximate surface area is 203 Å². The van der Waals surface area contributed by atoms with E-state index in [1.54, 1.807) is 43.5 Å². The summed E-state index contributed by atoms with van der Waals surface area (Å²) in [5, 5.41) is 10.6. The van der Waals surface area contributed by atoms with Gasteiger partial charge in [-0.15, -0.1) is 11.8 Å². The minimum atomic E-state index is -1.18. The number of piperidine rings is 1. The highest BCUT2D eigenvalue weighted by molar-refractivity contribution is 7.99. The number of ether oxygens (including phenoxy) is 1. The second-order valence-electron chi connectivity index (χ2n) is 8.65. The molecule has 3 heterocycles. The highest BCUT2D eigenvalue weighted by Gasteiger charge is 2.34. The van der Waals surface area contributed by atoms with Crippen molar-refractivity contribution in [2.75, 3.05) is 32.5 Å². The Morgan fingerprint density at radius 1 is 1.26 bits per heavy atom. The molecule has 1 fully saturated rings. The summed E-state index contributed by atoms with van der Waals surface area (Å²) in [7, 11) is 1.58. The zero-order valence-electron chi connectivity index (χ0n) is 19.3. The van der Waals surface area contributed by atoms with E-state index in [1.165, 1.54) is 0 Å². The number of benzene rings is 1. The lowest BCUT2D eigenvalue weighted by atomic mass is 9.81. The number of alkyl halides is 1. The highest BCUT2D eigenvalue weighted by Crippen LogP contribution is 2.35. The molecule has 8 heteroatoms. The maximum atomic E-state index is 15.4. The number of nitrogens with zero attached hydrogens (tertiary/aromatic N) is 3. The van der Waals surface area contributed by atoms with Crippen molar-refractivity contribution >= 4 is 28.6 Å². The van der Waals surface area contributed by atoms with Crippen LogP contribution in [0.1, 0.15) is 31.0 Å². The number of pyridine rings is 2. The van der Waals surface area contributed by atoms with Crippen molar-refractivity contribution in [1.29, 1.82) is 0 Å². The topological polar surface area (TPSA) is 75.5 Å². The fourth-order valence-corrected chi connectivity index (χ4v) is 5.59. The van der Waals surface area contributed by atoms with E-state index in [-0.39, 0.29) is 5.92 Å². The maximum absolute atomic E-state index is 15.4. The average Bonchev–Trinajstić information content (AvgIpc) is 2.87. The number of halogens is 1. The molecule has 1 aliphatic rings. The third-order valence-corrected chi connectivity index (χ3v) is 7.59. The van der Waals surface area contributed by atoms with Crippen LogP contribution in [0.25, 0.3) is 10.9 Å². The quantitative estimate of drug-likeness (QED) is 0.395. The first kappa shape index (κ1) is 24.4. The summed E-state index contributed by atoms with van der Waals surface area (Å²) in [5.74, 6) is 0.274. The number of carbonyl (C=O) groups is 1. The molecule has 1 unspecified atom stereocenters. The Bertz CT molecular complexity index is 1100. The van der Waals surface area contributed by atoms with Gasteiger partial charge in [-0.3, -0.25) is 14.8 Å². The number of methoxy groups -OCH3 is 1. The van der Waals surface area contributed by atoms with Gasteiger partial charge in [0.2, 0.25) is 0 Å². The molecule has 0 radical (unpaired) electrons. The SMILES string of the molecule is COc1ccc2nccc(C(F)CC[C@@H]3CCN(CCSc4ccncc4)C[C@@H]3C(=O)O)c2c1. The first-order valence-electron chi connectivity index (χ1n) is 11.6. The number of thioether (sulfide) groups is 1. The molecule has 0 amide bonds. The summed E-state index contributed by atoms with van der Waals surface area (Å²) in [5.41, 5.74) is 1.31. The van der Waals surface area contributed by atoms with Crippen LogP contribution in [0.3, 0.4) is 0 Å². The maximum Gasteiger partial charge on any atom is 0.308 e. The lowest BCUT2D eigenvalue weighted by molar-refractivity contribution is -0.146. The van der Waals surface area contributed by atoms with Gasteiger partial charge in [0.25, 0.3) is 0 Å². The molecule has 0 spiro atoms. The number of rotatable bonds is 10. The fourth-order valence-electron chi connectivity index (χ4n) is 4.69. The van der Waals surface area contributed by atoms with Crippen LogP contribution in [-0.4, -0.2) is 58.4 Å². The van der Waals surface area contributed by atoms with Crippen LogP contribution in [-0.2, 0) is 4.79 Å². The van der Waals surface area contributed by atoms with Crippen LogP contribution in [0, 0.1) is 11.8 Å². The van der Waals surface area contributed by atoms with Gasteiger partial charge in [-0.1, -0.05) is 0 Å². The molecular formula is C26H30FN3O3S. The number of fused-ring (bicyclic) bond motifs is 1. The summed E-state index contributed by atoms with van der Waals surface area (Å²) >= 11 is 1.75. The first-order valence-corrected chi connectivity index (χ1v) is 12.6. The number of hydrogen-bond acceptors (Lipinski definition) is 6. The summed E-state index contributed by atoms with van der Waals surface area (Å²) in [4.78, 5) is 23.7. The summed E-state index contributed by atoms with van der Waals surface area (Å²) in [6.07, 6.45) is 5.61. The van der Waals surface area contributed by atoms with Gasteiger partial charge in [-0.05, 0) is 73.7 Å².